The first kappa shape index (κ1) is 28.6. The lowest BCUT2D eigenvalue weighted by Gasteiger charge is -2.22. The second-order valence-corrected chi connectivity index (χ2v) is 12.1. The Kier molecular flexibility index (Phi) is 10.2. The molecule has 196 valence electrons. The molecule has 8 nitrogen and oxygen atoms in total. The minimum absolute atomic E-state index is 0.183. The smallest absolute Gasteiger partial charge is 0.236 e. The molecule has 0 saturated carbocycles. The Morgan fingerprint density at radius 3 is 2.63 bits per heavy atom. The molecule has 0 bridgehead atoms. The molecular weight excluding hydrogens is 540 g/mol. The molecule has 2 unspecified atom stereocenters. The van der Waals surface area contributed by atoms with Gasteiger partial charge in [0.1, 0.15) is 18.2 Å². The van der Waals surface area contributed by atoms with E-state index < -0.39 is 10.2 Å². The van der Waals surface area contributed by atoms with Gasteiger partial charge >= 0.3 is 0 Å². The summed E-state index contributed by atoms with van der Waals surface area (Å²) in [5.74, 6) is 0.946. The SMILES string of the molecule is CC(C)(C)c1cc(NC(O)OCC(Cl)(Cl)Cl)n(-c2ccc(Cl)c(OCCOC3CCCCO3)c2)n1. The van der Waals surface area contributed by atoms with Gasteiger partial charge in [-0.1, -0.05) is 67.2 Å². The fourth-order valence-electron chi connectivity index (χ4n) is 3.30. The maximum Gasteiger partial charge on any atom is 0.236 e. The van der Waals surface area contributed by atoms with Crippen LogP contribution in [0.4, 0.5) is 5.82 Å². The van der Waals surface area contributed by atoms with Gasteiger partial charge in [-0.15, -0.1) is 0 Å². The van der Waals surface area contributed by atoms with Gasteiger partial charge in [-0.05, 0) is 31.4 Å². The molecule has 12 heteroatoms. The van der Waals surface area contributed by atoms with E-state index in [0.717, 1.165) is 31.6 Å². The van der Waals surface area contributed by atoms with Gasteiger partial charge < -0.3 is 29.4 Å². The number of aliphatic hydroxyl groups excluding tert-OH is 1. The molecule has 1 aromatic carbocycles. The number of aliphatic hydroxyl groups is 1. The number of nitrogens with zero attached hydrogens (tertiary/aromatic N) is 2. The molecule has 1 fully saturated rings. The van der Waals surface area contributed by atoms with E-state index in [4.69, 9.17) is 70.4 Å². The molecule has 2 atom stereocenters. The molecular formula is C23H31Cl4N3O5. The lowest BCUT2D eigenvalue weighted by atomic mass is 9.92. The summed E-state index contributed by atoms with van der Waals surface area (Å²) in [6.45, 7) is 7.20. The van der Waals surface area contributed by atoms with Crippen molar-refractivity contribution in [3.63, 3.8) is 0 Å². The minimum atomic E-state index is -1.66. The summed E-state index contributed by atoms with van der Waals surface area (Å²) in [7, 11) is 0. The molecule has 1 saturated heterocycles. The molecule has 2 heterocycles. The standard InChI is InChI=1S/C23H31Cl4N3O5/c1-22(2,3)18-13-19(28-21(31)35-14-23(25,26)27)30(29-18)15-7-8-16(24)17(12-15)32-10-11-34-20-6-4-5-9-33-20/h7-8,12-13,20-21,28,31H,4-6,9-11,14H2,1-3H3. The van der Waals surface area contributed by atoms with Gasteiger partial charge in [0.05, 0.1) is 29.6 Å². The summed E-state index contributed by atoms with van der Waals surface area (Å²) in [5.41, 5.74) is 1.19. The van der Waals surface area contributed by atoms with Crippen LogP contribution in [-0.2, 0) is 19.6 Å². The Balaban J connectivity index is 1.73. The zero-order chi connectivity index (χ0) is 25.6. The van der Waals surface area contributed by atoms with Crippen molar-refractivity contribution in [1.82, 2.24) is 9.78 Å². The molecule has 35 heavy (non-hydrogen) atoms. The lowest BCUT2D eigenvalue weighted by molar-refractivity contribution is -0.165. The fraction of sp³-hybridized carbons (Fsp3) is 0.609. The number of alkyl halides is 3. The van der Waals surface area contributed by atoms with Crippen molar-refractivity contribution >= 4 is 52.2 Å². The average molecular weight is 571 g/mol. The molecule has 3 rings (SSSR count). The van der Waals surface area contributed by atoms with Gasteiger partial charge in [0, 0.05) is 24.2 Å². The van der Waals surface area contributed by atoms with Crippen LogP contribution in [0.2, 0.25) is 5.02 Å². The molecule has 1 aliphatic rings. The quantitative estimate of drug-likeness (QED) is 0.211. The molecule has 1 aliphatic heterocycles. The van der Waals surface area contributed by atoms with Crippen molar-refractivity contribution in [2.75, 3.05) is 31.7 Å². The van der Waals surface area contributed by atoms with Crippen molar-refractivity contribution in [2.24, 2.45) is 0 Å². The number of anilines is 1. The van der Waals surface area contributed by atoms with Gasteiger partial charge in [0.25, 0.3) is 0 Å². The lowest BCUT2D eigenvalue weighted by Crippen LogP contribution is -2.28. The highest BCUT2D eigenvalue weighted by Gasteiger charge is 2.25. The van der Waals surface area contributed by atoms with Crippen LogP contribution < -0.4 is 10.1 Å². The van der Waals surface area contributed by atoms with Crippen LogP contribution in [0.5, 0.6) is 5.75 Å². The summed E-state index contributed by atoms with van der Waals surface area (Å²) >= 11 is 23.5. The summed E-state index contributed by atoms with van der Waals surface area (Å²) in [5, 5.41) is 18.3. The molecule has 2 N–H and O–H groups in total. The maximum atomic E-state index is 10.3. The summed E-state index contributed by atoms with van der Waals surface area (Å²) in [4.78, 5) is 0. The topological polar surface area (TPSA) is 87.0 Å². The second kappa shape index (κ2) is 12.5. The minimum Gasteiger partial charge on any atom is -0.490 e. The second-order valence-electron chi connectivity index (χ2n) is 9.13. The van der Waals surface area contributed by atoms with Crippen LogP contribution in [-0.4, -0.2) is 57.8 Å². The van der Waals surface area contributed by atoms with Crippen molar-refractivity contribution in [3.05, 3.63) is 35.0 Å². The zero-order valence-electron chi connectivity index (χ0n) is 19.9. The largest absolute Gasteiger partial charge is 0.490 e. The normalized spacial score (nSPS) is 17.9. The van der Waals surface area contributed by atoms with E-state index in [0.29, 0.717) is 35.5 Å². The van der Waals surface area contributed by atoms with Crippen molar-refractivity contribution in [3.8, 4) is 11.4 Å². The Morgan fingerprint density at radius 2 is 1.97 bits per heavy atom. The molecule has 0 spiro atoms. The first-order valence-electron chi connectivity index (χ1n) is 11.3. The van der Waals surface area contributed by atoms with Gasteiger partial charge in [0.15, 0.2) is 6.29 Å². The Bertz CT molecular complexity index is 956. The molecule has 0 aliphatic carbocycles. The highest BCUT2D eigenvalue weighted by Crippen LogP contribution is 2.32. The predicted octanol–water partition coefficient (Wildman–Crippen LogP) is 5.82. The van der Waals surface area contributed by atoms with E-state index in [1.54, 1.807) is 22.9 Å². The number of benzene rings is 1. The number of halogens is 4. The van der Waals surface area contributed by atoms with E-state index in [9.17, 15) is 5.11 Å². The van der Waals surface area contributed by atoms with Crippen LogP contribution in [0.25, 0.3) is 5.69 Å². The number of rotatable bonds is 10. The first-order valence-corrected chi connectivity index (χ1v) is 12.8. The highest BCUT2D eigenvalue weighted by molar-refractivity contribution is 6.67. The third-order valence-electron chi connectivity index (χ3n) is 5.10. The van der Waals surface area contributed by atoms with Crippen molar-refractivity contribution in [2.45, 2.75) is 61.9 Å². The van der Waals surface area contributed by atoms with Gasteiger partial charge in [-0.25, -0.2) is 4.68 Å². The third-order valence-corrected chi connectivity index (χ3v) is 5.74. The number of aromatic nitrogens is 2. The van der Waals surface area contributed by atoms with Gasteiger partial charge in [0.2, 0.25) is 10.2 Å². The summed E-state index contributed by atoms with van der Waals surface area (Å²) in [6.07, 6.45) is 1.43. The zero-order valence-corrected chi connectivity index (χ0v) is 22.9. The van der Waals surface area contributed by atoms with Crippen LogP contribution in [0.15, 0.2) is 24.3 Å². The maximum absolute atomic E-state index is 10.3. The average Bonchev–Trinajstić information content (AvgIpc) is 3.21. The van der Waals surface area contributed by atoms with Crippen LogP contribution >= 0.6 is 46.4 Å². The Morgan fingerprint density at radius 1 is 1.20 bits per heavy atom. The number of ether oxygens (including phenoxy) is 4. The van der Waals surface area contributed by atoms with Crippen molar-refractivity contribution in [1.29, 1.82) is 0 Å². The van der Waals surface area contributed by atoms with Crippen molar-refractivity contribution < 1.29 is 24.1 Å². The Labute approximate surface area is 225 Å². The van der Waals surface area contributed by atoms with E-state index in [-0.39, 0.29) is 18.3 Å². The number of hydrogen-bond donors (Lipinski definition) is 2. The fourth-order valence-corrected chi connectivity index (χ4v) is 3.66. The molecule has 1 aromatic heterocycles. The van der Waals surface area contributed by atoms with E-state index in [1.807, 2.05) is 26.8 Å². The summed E-state index contributed by atoms with van der Waals surface area (Å²) in [6, 6.07) is 7.09. The highest BCUT2D eigenvalue weighted by atomic mass is 35.6. The van der Waals surface area contributed by atoms with Gasteiger partial charge in [-0.3, -0.25) is 0 Å². The van der Waals surface area contributed by atoms with E-state index in [1.165, 1.54) is 0 Å². The van der Waals surface area contributed by atoms with Gasteiger partial charge in [-0.2, -0.15) is 5.10 Å². The predicted molar refractivity (Wildman–Crippen MR) is 138 cm³/mol. The number of hydrogen-bond acceptors (Lipinski definition) is 7. The monoisotopic (exact) mass is 569 g/mol. The molecule has 2 aromatic rings. The first-order chi connectivity index (χ1) is 16.4. The van der Waals surface area contributed by atoms with E-state index >= 15 is 0 Å². The van der Waals surface area contributed by atoms with Crippen LogP contribution in [0, 0.1) is 0 Å². The third kappa shape index (κ3) is 9.13. The Hall–Kier alpha value is -0.970. The molecule has 0 amide bonds. The molecule has 0 radical (unpaired) electrons. The van der Waals surface area contributed by atoms with E-state index in [2.05, 4.69) is 5.32 Å². The van der Waals surface area contributed by atoms with Crippen LogP contribution in [0.3, 0.4) is 0 Å². The summed E-state index contributed by atoms with van der Waals surface area (Å²) < 4.78 is 22.3. The van der Waals surface area contributed by atoms with Crippen LogP contribution in [0.1, 0.15) is 45.7 Å². The number of nitrogens with one attached hydrogen (secondary N) is 1.